The molecule has 0 spiro atoms. The molecule has 0 aliphatic heterocycles. The van der Waals surface area contributed by atoms with Gasteiger partial charge in [0.25, 0.3) is 5.91 Å². The Bertz CT molecular complexity index is 571. The first-order chi connectivity index (χ1) is 10.1. The van der Waals surface area contributed by atoms with E-state index < -0.39 is 0 Å². The molecule has 4 heteroatoms. The molecule has 1 aromatic rings. The van der Waals surface area contributed by atoms with Crippen LogP contribution < -0.4 is 5.32 Å². The van der Waals surface area contributed by atoms with E-state index in [0.717, 1.165) is 24.8 Å². The lowest BCUT2D eigenvalue weighted by Crippen LogP contribution is -2.41. The van der Waals surface area contributed by atoms with Gasteiger partial charge in [-0.1, -0.05) is 43.5 Å². The summed E-state index contributed by atoms with van der Waals surface area (Å²) in [5.74, 6) is 0.185. The van der Waals surface area contributed by atoms with Gasteiger partial charge < -0.3 is 5.32 Å². The molecule has 3 nitrogen and oxygen atoms in total. The number of hydrogen-bond acceptors (Lipinski definition) is 2. The van der Waals surface area contributed by atoms with Crippen LogP contribution in [0.3, 0.4) is 0 Å². The normalized spacial score (nSPS) is 22.4. The molecule has 1 aliphatic rings. The van der Waals surface area contributed by atoms with Crippen LogP contribution in [-0.2, 0) is 4.79 Å². The topological polar surface area (TPSA) is 52.9 Å². The van der Waals surface area contributed by atoms with E-state index in [1.54, 1.807) is 30.3 Å². The zero-order valence-corrected chi connectivity index (χ0v) is 12.9. The highest BCUT2D eigenvalue weighted by Crippen LogP contribution is 2.24. The molecule has 0 saturated heterocycles. The molecule has 1 aromatic carbocycles. The highest BCUT2D eigenvalue weighted by Gasteiger charge is 2.23. The van der Waals surface area contributed by atoms with Crippen LogP contribution in [0, 0.1) is 17.2 Å². The third-order valence-electron chi connectivity index (χ3n) is 3.97. The molecule has 1 saturated carbocycles. The van der Waals surface area contributed by atoms with E-state index in [1.165, 1.54) is 6.42 Å². The number of carbonyl (C=O) groups excluding carboxylic acids is 1. The van der Waals surface area contributed by atoms with E-state index >= 15 is 0 Å². The minimum Gasteiger partial charge on any atom is -0.348 e. The quantitative estimate of drug-likeness (QED) is 0.679. The summed E-state index contributed by atoms with van der Waals surface area (Å²) in [4.78, 5) is 12.2. The second-order valence-electron chi connectivity index (χ2n) is 5.56. The summed E-state index contributed by atoms with van der Waals surface area (Å²) in [6, 6.07) is 9.21. The Labute approximate surface area is 130 Å². The van der Waals surface area contributed by atoms with Gasteiger partial charge in [-0.2, -0.15) is 5.26 Å². The fourth-order valence-corrected chi connectivity index (χ4v) is 2.78. The average Bonchev–Trinajstić information content (AvgIpc) is 2.49. The van der Waals surface area contributed by atoms with Crippen LogP contribution in [0.2, 0.25) is 5.02 Å². The van der Waals surface area contributed by atoms with Gasteiger partial charge in [-0.05, 0) is 42.5 Å². The number of amides is 1. The Morgan fingerprint density at radius 3 is 2.62 bits per heavy atom. The third kappa shape index (κ3) is 4.34. The number of hydrogen-bond donors (Lipinski definition) is 1. The molecule has 0 heterocycles. The van der Waals surface area contributed by atoms with Crippen molar-refractivity contribution in [2.24, 2.45) is 5.92 Å². The van der Waals surface area contributed by atoms with Crippen molar-refractivity contribution in [2.45, 2.75) is 38.6 Å². The number of carbonyl (C=O) groups is 1. The molecule has 1 aliphatic carbocycles. The predicted molar refractivity (Wildman–Crippen MR) is 84.6 cm³/mol. The van der Waals surface area contributed by atoms with Crippen LogP contribution in [0.25, 0.3) is 6.08 Å². The molecular weight excluding hydrogens is 284 g/mol. The standard InChI is InChI=1S/C17H19ClN2O/c1-12-4-2-3-5-16(12)20-17(21)14(11-19)10-13-6-8-15(18)9-7-13/h6-10,12,16H,2-5H2,1H3,(H,20,21)/b14-10+/t12-,16-/m0/s1. The minimum atomic E-state index is -0.286. The van der Waals surface area contributed by atoms with Crippen LogP contribution >= 0.6 is 11.6 Å². The van der Waals surface area contributed by atoms with Crippen molar-refractivity contribution in [1.29, 1.82) is 5.26 Å². The van der Waals surface area contributed by atoms with Crippen molar-refractivity contribution in [3.63, 3.8) is 0 Å². The SMILES string of the molecule is C[C@H]1CCCC[C@@H]1NC(=O)/C(C#N)=C/c1ccc(Cl)cc1. The molecule has 0 aromatic heterocycles. The van der Waals surface area contributed by atoms with Gasteiger partial charge >= 0.3 is 0 Å². The molecule has 21 heavy (non-hydrogen) atoms. The van der Waals surface area contributed by atoms with Gasteiger partial charge in [0, 0.05) is 11.1 Å². The maximum Gasteiger partial charge on any atom is 0.262 e. The van der Waals surface area contributed by atoms with Crippen molar-refractivity contribution >= 4 is 23.6 Å². The molecule has 1 fully saturated rings. The Balaban J connectivity index is 2.08. The van der Waals surface area contributed by atoms with Crippen LogP contribution in [0.5, 0.6) is 0 Å². The number of rotatable bonds is 3. The summed E-state index contributed by atoms with van der Waals surface area (Å²) in [6.45, 7) is 2.15. The van der Waals surface area contributed by atoms with Crippen LogP contribution in [0.15, 0.2) is 29.8 Å². The van der Waals surface area contributed by atoms with Crippen molar-refractivity contribution < 1.29 is 4.79 Å². The van der Waals surface area contributed by atoms with Crippen molar-refractivity contribution in [2.75, 3.05) is 0 Å². The van der Waals surface area contributed by atoms with E-state index in [1.807, 2.05) is 6.07 Å². The van der Waals surface area contributed by atoms with Crippen LogP contribution in [0.4, 0.5) is 0 Å². The van der Waals surface area contributed by atoms with Crippen LogP contribution in [0.1, 0.15) is 38.2 Å². The predicted octanol–water partition coefficient (Wildman–Crippen LogP) is 3.94. The smallest absolute Gasteiger partial charge is 0.262 e. The summed E-state index contributed by atoms with van der Waals surface area (Å²) in [6.07, 6.45) is 6.08. The number of nitrogens with zero attached hydrogens (tertiary/aromatic N) is 1. The lowest BCUT2D eigenvalue weighted by Gasteiger charge is -2.29. The number of halogens is 1. The average molecular weight is 303 g/mol. The highest BCUT2D eigenvalue weighted by atomic mass is 35.5. The second kappa shape index (κ2) is 7.28. The summed E-state index contributed by atoms with van der Waals surface area (Å²) >= 11 is 5.82. The molecule has 0 bridgehead atoms. The zero-order chi connectivity index (χ0) is 15.2. The molecule has 0 radical (unpaired) electrons. The van der Waals surface area contributed by atoms with Gasteiger partial charge in [-0.25, -0.2) is 0 Å². The number of nitriles is 1. The molecule has 1 amide bonds. The van der Waals surface area contributed by atoms with Gasteiger partial charge in [0.15, 0.2) is 0 Å². The van der Waals surface area contributed by atoms with Crippen LogP contribution in [-0.4, -0.2) is 11.9 Å². The monoisotopic (exact) mass is 302 g/mol. The molecule has 2 atom stereocenters. The fraction of sp³-hybridized carbons (Fsp3) is 0.412. The van der Waals surface area contributed by atoms with Gasteiger partial charge in [-0.15, -0.1) is 0 Å². The maximum absolute atomic E-state index is 12.2. The number of benzene rings is 1. The van der Waals surface area contributed by atoms with Gasteiger partial charge in [0.05, 0.1) is 0 Å². The lowest BCUT2D eigenvalue weighted by molar-refractivity contribution is -0.118. The Morgan fingerprint density at radius 1 is 1.33 bits per heavy atom. The van der Waals surface area contributed by atoms with E-state index in [9.17, 15) is 10.1 Å². The first-order valence-corrected chi connectivity index (χ1v) is 7.66. The Kier molecular flexibility index (Phi) is 5.41. The van der Waals surface area contributed by atoms with E-state index in [4.69, 9.17) is 11.6 Å². The van der Waals surface area contributed by atoms with Gasteiger partial charge in [-0.3, -0.25) is 4.79 Å². The van der Waals surface area contributed by atoms with E-state index in [0.29, 0.717) is 10.9 Å². The van der Waals surface area contributed by atoms with Crippen molar-refractivity contribution in [1.82, 2.24) is 5.32 Å². The summed E-state index contributed by atoms with van der Waals surface area (Å²) in [5.41, 5.74) is 0.929. The number of nitrogens with one attached hydrogen (secondary N) is 1. The largest absolute Gasteiger partial charge is 0.348 e. The molecule has 0 unspecified atom stereocenters. The summed E-state index contributed by atoms with van der Waals surface area (Å²) in [5, 5.41) is 12.8. The highest BCUT2D eigenvalue weighted by molar-refractivity contribution is 6.30. The third-order valence-corrected chi connectivity index (χ3v) is 4.23. The minimum absolute atomic E-state index is 0.134. The van der Waals surface area contributed by atoms with Gasteiger partial charge in [0.2, 0.25) is 0 Å². The first-order valence-electron chi connectivity index (χ1n) is 7.28. The Hall–Kier alpha value is -1.79. The van der Waals surface area contributed by atoms with E-state index in [2.05, 4.69) is 12.2 Å². The maximum atomic E-state index is 12.2. The fourth-order valence-electron chi connectivity index (χ4n) is 2.65. The molecular formula is C17H19ClN2O. The van der Waals surface area contributed by atoms with Crippen molar-refractivity contribution in [3.05, 3.63) is 40.4 Å². The van der Waals surface area contributed by atoms with E-state index in [-0.39, 0.29) is 17.5 Å². The molecule has 2 rings (SSSR count). The molecule has 110 valence electrons. The molecule has 1 N–H and O–H groups in total. The Morgan fingerprint density at radius 2 is 2.00 bits per heavy atom. The summed E-state index contributed by atoms with van der Waals surface area (Å²) < 4.78 is 0. The lowest BCUT2D eigenvalue weighted by atomic mass is 9.86. The summed E-state index contributed by atoms with van der Waals surface area (Å²) in [7, 11) is 0. The second-order valence-corrected chi connectivity index (χ2v) is 6.00. The first kappa shape index (κ1) is 15.6. The zero-order valence-electron chi connectivity index (χ0n) is 12.1. The van der Waals surface area contributed by atoms with Crippen molar-refractivity contribution in [3.8, 4) is 6.07 Å². The van der Waals surface area contributed by atoms with Gasteiger partial charge in [0.1, 0.15) is 11.6 Å².